The van der Waals surface area contributed by atoms with Crippen LogP contribution < -0.4 is 10.2 Å². The Morgan fingerprint density at radius 1 is 0.655 bits per heavy atom. The van der Waals surface area contributed by atoms with E-state index in [0.717, 1.165) is 0 Å². The summed E-state index contributed by atoms with van der Waals surface area (Å²) in [6.45, 7) is 0. The summed E-state index contributed by atoms with van der Waals surface area (Å²) in [4.78, 5) is 20.2. The summed E-state index contributed by atoms with van der Waals surface area (Å²) >= 11 is -0.312. The molecular formula is C24H20O4Zr. The van der Waals surface area contributed by atoms with Gasteiger partial charge < -0.3 is 19.8 Å². The van der Waals surface area contributed by atoms with Gasteiger partial charge in [-0.05, 0) is 11.1 Å². The number of carbonyl (C=O) groups excluding carboxylic acids is 2. The van der Waals surface area contributed by atoms with Gasteiger partial charge in [0.2, 0.25) is 0 Å². The molecule has 0 spiro atoms. The minimum atomic E-state index is -1.13. The summed E-state index contributed by atoms with van der Waals surface area (Å²) in [5, 5.41) is 20.2. The molecule has 5 heteroatoms. The summed E-state index contributed by atoms with van der Waals surface area (Å²) in [6, 6.07) is 16.1. The monoisotopic (exact) mass is 462 g/mol. The Balaban J connectivity index is 0.000000157. The molecule has 29 heavy (non-hydrogen) atoms. The summed E-state index contributed by atoms with van der Waals surface area (Å²) in [6.07, 6.45) is 16.0. The summed E-state index contributed by atoms with van der Waals surface area (Å²) in [5.74, 6) is -2.26. The van der Waals surface area contributed by atoms with Crippen LogP contribution in [0.25, 0.3) is 0 Å². The molecule has 0 N–H and O–H groups in total. The molecule has 0 fully saturated rings. The largest absolute Gasteiger partial charge is 0.545 e. The van der Waals surface area contributed by atoms with Gasteiger partial charge in [-0.25, -0.2) is 0 Å². The van der Waals surface area contributed by atoms with Crippen LogP contribution in [0, 0.1) is 0 Å². The number of carboxylic acid groups (broad SMARTS) is 2. The van der Waals surface area contributed by atoms with Gasteiger partial charge in [0.15, 0.2) is 0 Å². The van der Waals surface area contributed by atoms with E-state index in [9.17, 15) is 19.8 Å². The number of hydrogen-bond acceptors (Lipinski definition) is 4. The van der Waals surface area contributed by atoms with Crippen molar-refractivity contribution in [2.24, 2.45) is 0 Å². The minimum absolute atomic E-state index is 0.220. The molecule has 4 rings (SSSR count). The number of aromatic carboxylic acids is 2. The fraction of sp³-hybridized carbons (Fsp3) is 0.0833. The van der Waals surface area contributed by atoms with Crippen LogP contribution in [-0.2, 0) is 23.2 Å². The second-order valence-corrected chi connectivity index (χ2v) is 9.85. The fourth-order valence-corrected chi connectivity index (χ4v) is 5.41. The number of carboxylic acids is 2. The number of hydrogen-bond donors (Lipinski definition) is 0. The first-order valence-electron chi connectivity index (χ1n) is 9.07. The third-order valence-corrected chi connectivity index (χ3v) is 7.28. The van der Waals surface area contributed by atoms with Crippen LogP contribution in [0.5, 0.6) is 0 Å². The Labute approximate surface area is 182 Å². The molecule has 0 amide bonds. The maximum Gasteiger partial charge on any atom is 0.0715 e. The molecule has 2 aromatic carbocycles. The fourth-order valence-electron chi connectivity index (χ4n) is 2.43. The van der Waals surface area contributed by atoms with E-state index in [0.29, 0.717) is 0 Å². The van der Waals surface area contributed by atoms with Crippen LogP contribution in [0.15, 0.2) is 104 Å². The SMILES string of the molecule is C1=CC[C]([Zr+2][C]2=CC=CC2)=C1.O=C([O-])c1ccccc1.O=C([O-])c1ccccc1. The van der Waals surface area contributed by atoms with Gasteiger partial charge in [0.1, 0.15) is 0 Å². The van der Waals surface area contributed by atoms with Gasteiger partial charge in [0.25, 0.3) is 0 Å². The maximum atomic E-state index is 10.1. The maximum absolute atomic E-state index is 10.1. The molecule has 0 saturated carbocycles. The van der Waals surface area contributed by atoms with Crippen LogP contribution in [0.2, 0.25) is 0 Å². The van der Waals surface area contributed by atoms with Crippen molar-refractivity contribution in [2.75, 3.05) is 0 Å². The van der Waals surface area contributed by atoms with Crippen molar-refractivity contribution in [3.05, 3.63) is 115 Å². The van der Waals surface area contributed by atoms with Crippen LogP contribution in [0.4, 0.5) is 0 Å². The van der Waals surface area contributed by atoms with E-state index in [1.54, 1.807) is 43.0 Å². The van der Waals surface area contributed by atoms with E-state index < -0.39 is 11.9 Å². The Hall–Kier alpha value is -2.78. The van der Waals surface area contributed by atoms with E-state index in [2.05, 4.69) is 36.5 Å². The third kappa shape index (κ3) is 8.84. The van der Waals surface area contributed by atoms with E-state index in [1.807, 2.05) is 0 Å². The number of benzene rings is 2. The zero-order chi connectivity index (χ0) is 20.9. The minimum Gasteiger partial charge on any atom is -0.545 e. The van der Waals surface area contributed by atoms with Crippen LogP contribution in [0.3, 0.4) is 0 Å². The normalized spacial score (nSPS) is 13.1. The molecule has 0 saturated heterocycles. The average molecular weight is 464 g/mol. The number of carbonyl (C=O) groups is 2. The third-order valence-electron chi connectivity index (χ3n) is 3.88. The van der Waals surface area contributed by atoms with Crippen molar-refractivity contribution in [1.82, 2.24) is 0 Å². The smallest absolute Gasteiger partial charge is 0.0715 e. The van der Waals surface area contributed by atoms with E-state index in [-0.39, 0.29) is 34.4 Å². The van der Waals surface area contributed by atoms with Crippen molar-refractivity contribution in [1.29, 1.82) is 0 Å². The van der Waals surface area contributed by atoms with Gasteiger partial charge in [-0.15, -0.1) is 0 Å². The summed E-state index contributed by atoms with van der Waals surface area (Å²) < 4.78 is 3.45. The zero-order valence-electron chi connectivity index (χ0n) is 15.8. The van der Waals surface area contributed by atoms with Crippen LogP contribution in [0.1, 0.15) is 33.6 Å². The molecule has 0 heterocycles. The molecule has 0 unspecified atom stereocenters. The van der Waals surface area contributed by atoms with Gasteiger partial charge in [-0.2, -0.15) is 0 Å². The second-order valence-electron chi connectivity index (χ2n) is 6.08. The van der Waals surface area contributed by atoms with Gasteiger partial charge in [0.05, 0.1) is 11.9 Å². The molecular weight excluding hydrogens is 443 g/mol. The summed E-state index contributed by atoms with van der Waals surface area (Å²) in [7, 11) is 0. The van der Waals surface area contributed by atoms with Crippen LogP contribution in [-0.4, -0.2) is 11.9 Å². The predicted molar refractivity (Wildman–Crippen MR) is 105 cm³/mol. The number of rotatable bonds is 4. The second kappa shape index (κ2) is 12.6. The standard InChI is InChI=1S/2C7H6O2.2C5H5.Zr/c2*8-7(9)6-4-2-1-3-5-6;2*1-2-4-5-3-1;/h2*1-5H,(H,8,9);2*1-3H,4H2;/q;;;;+2/p-2. The van der Waals surface area contributed by atoms with Gasteiger partial charge in [0, 0.05) is 0 Å². The van der Waals surface area contributed by atoms with Crippen LogP contribution >= 0.6 is 0 Å². The van der Waals surface area contributed by atoms with Crippen molar-refractivity contribution in [3.8, 4) is 0 Å². The quantitative estimate of drug-likeness (QED) is 0.698. The first-order chi connectivity index (χ1) is 14.1. The average Bonchev–Trinajstić information content (AvgIpc) is 3.45. The van der Waals surface area contributed by atoms with E-state index in [4.69, 9.17) is 0 Å². The molecule has 0 atom stereocenters. The topological polar surface area (TPSA) is 80.3 Å². The van der Waals surface area contributed by atoms with Gasteiger partial charge in [-0.3, -0.25) is 0 Å². The van der Waals surface area contributed by atoms with Crippen molar-refractivity contribution >= 4 is 11.9 Å². The molecule has 144 valence electrons. The molecule has 0 aromatic heterocycles. The number of allylic oxidation sites excluding steroid dienone is 8. The summed E-state index contributed by atoms with van der Waals surface area (Å²) in [5.41, 5.74) is 0.440. The van der Waals surface area contributed by atoms with Gasteiger partial charge in [-0.1, -0.05) is 60.7 Å². The van der Waals surface area contributed by atoms with E-state index in [1.165, 1.54) is 37.1 Å². The van der Waals surface area contributed by atoms with Crippen molar-refractivity contribution in [2.45, 2.75) is 12.8 Å². The Morgan fingerprint density at radius 3 is 1.28 bits per heavy atom. The molecule has 0 bridgehead atoms. The van der Waals surface area contributed by atoms with E-state index >= 15 is 0 Å². The first kappa shape index (κ1) is 22.5. The Kier molecular flexibility index (Phi) is 9.81. The molecule has 2 aliphatic rings. The van der Waals surface area contributed by atoms with Crippen molar-refractivity contribution in [3.63, 3.8) is 0 Å². The Morgan fingerprint density at radius 2 is 1.03 bits per heavy atom. The molecule has 2 aliphatic carbocycles. The molecule has 4 nitrogen and oxygen atoms in total. The van der Waals surface area contributed by atoms with Gasteiger partial charge >= 0.3 is 79.1 Å². The predicted octanol–water partition coefficient (Wildman–Crippen LogP) is 2.86. The Bertz CT molecular complexity index is 848. The van der Waals surface area contributed by atoms with Crippen molar-refractivity contribution < 1.29 is 43.0 Å². The first-order valence-corrected chi connectivity index (χ1v) is 11.5. The zero-order valence-corrected chi connectivity index (χ0v) is 18.2. The molecule has 0 aliphatic heterocycles. The molecule has 2 aromatic rings. The molecule has 0 radical (unpaired) electrons.